The Labute approximate surface area is 99.2 Å². The minimum absolute atomic E-state index is 0.475. The summed E-state index contributed by atoms with van der Waals surface area (Å²) in [4.78, 5) is 2.63. The van der Waals surface area contributed by atoms with Crippen molar-refractivity contribution in [3.8, 4) is 0 Å². The lowest BCUT2D eigenvalue weighted by Crippen LogP contribution is -2.43. The molecule has 1 fully saturated rings. The second-order valence-corrected chi connectivity index (χ2v) is 6.85. The molecule has 0 aliphatic carbocycles. The molecular formula is C12H26N2S. The molecule has 2 nitrogen and oxygen atoms in total. The van der Waals surface area contributed by atoms with Gasteiger partial charge in [0.15, 0.2) is 0 Å². The molecule has 0 unspecified atom stereocenters. The lowest BCUT2D eigenvalue weighted by Gasteiger charge is -2.37. The number of hydrogen-bond acceptors (Lipinski definition) is 3. The van der Waals surface area contributed by atoms with E-state index in [0.717, 1.165) is 0 Å². The first-order valence-electron chi connectivity index (χ1n) is 6.15. The highest BCUT2D eigenvalue weighted by molar-refractivity contribution is 8.00. The predicted molar refractivity (Wildman–Crippen MR) is 70.8 cm³/mol. The van der Waals surface area contributed by atoms with Crippen LogP contribution in [0.15, 0.2) is 0 Å². The zero-order valence-corrected chi connectivity index (χ0v) is 11.3. The zero-order chi connectivity index (χ0) is 11.1. The molecule has 0 amide bonds. The number of nitrogens with one attached hydrogen (secondary N) is 1. The van der Waals surface area contributed by atoms with Crippen molar-refractivity contribution in [2.75, 3.05) is 39.0 Å². The van der Waals surface area contributed by atoms with E-state index in [2.05, 4.69) is 35.8 Å². The van der Waals surface area contributed by atoms with Crippen molar-refractivity contribution in [3.05, 3.63) is 0 Å². The van der Waals surface area contributed by atoms with E-state index in [1.54, 1.807) is 0 Å². The molecule has 1 N–H and O–H groups in total. The normalized spacial score (nSPS) is 21.8. The minimum atomic E-state index is 0.475. The summed E-state index contributed by atoms with van der Waals surface area (Å²) in [5.41, 5.74) is 0. The van der Waals surface area contributed by atoms with Crippen LogP contribution < -0.4 is 5.32 Å². The lowest BCUT2D eigenvalue weighted by molar-refractivity contribution is 0.255. The largest absolute Gasteiger partial charge is 0.320 e. The first-order valence-corrected chi connectivity index (χ1v) is 7.13. The Balaban J connectivity index is 2.05. The van der Waals surface area contributed by atoms with Crippen LogP contribution in [0.4, 0.5) is 0 Å². The summed E-state index contributed by atoms with van der Waals surface area (Å²) in [6.45, 7) is 9.76. The maximum Gasteiger partial charge on any atom is 0.0231 e. The van der Waals surface area contributed by atoms with Gasteiger partial charge in [-0.1, -0.05) is 6.42 Å². The van der Waals surface area contributed by atoms with E-state index in [9.17, 15) is 0 Å². The minimum Gasteiger partial charge on any atom is -0.320 e. The molecule has 0 aromatic carbocycles. The van der Waals surface area contributed by atoms with Crippen molar-refractivity contribution in [3.63, 3.8) is 0 Å². The molecule has 0 saturated carbocycles. The Hall–Kier alpha value is 0.270. The first-order chi connectivity index (χ1) is 7.14. The molecule has 1 aliphatic heterocycles. The van der Waals surface area contributed by atoms with Crippen LogP contribution in [0.3, 0.4) is 0 Å². The fraction of sp³-hybridized carbons (Fsp3) is 1.00. The monoisotopic (exact) mass is 230 g/mol. The van der Waals surface area contributed by atoms with Gasteiger partial charge in [-0.2, -0.15) is 11.8 Å². The predicted octanol–water partition coefficient (Wildman–Crippen LogP) is 2.20. The molecule has 1 heterocycles. The SMILES string of the molecule is CNCCCCCN1CCSC(C)(C)C1. The summed E-state index contributed by atoms with van der Waals surface area (Å²) in [5.74, 6) is 1.31. The molecule has 0 aromatic rings. The number of thioether (sulfide) groups is 1. The quantitative estimate of drug-likeness (QED) is 0.704. The second-order valence-electron chi connectivity index (χ2n) is 5.05. The Morgan fingerprint density at radius 3 is 2.73 bits per heavy atom. The molecule has 0 atom stereocenters. The van der Waals surface area contributed by atoms with E-state index in [1.165, 1.54) is 51.2 Å². The Morgan fingerprint density at radius 1 is 1.27 bits per heavy atom. The highest BCUT2D eigenvalue weighted by Crippen LogP contribution is 2.29. The maximum absolute atomic E-state index is 3.20. The van der Waals surface area contributed by atoms with Crippen LogP contribution >= 0.6 is 11.8 Å². The van der Waals surface area contributed by atoms with Crippen LogP contribution in [0.25, 0.3) is 0 Å². The van der Waals surface area contributed by atoms with Gasteiger partial charge in [-0.25, -0.2) is 0 Å². The fourth-order valence-corrected chi connectivity index (χ4v) is 3.29. The third-order valence-corrected chi connectivity index (χ3v) is 4.20. The van der Waals surface area contributed by atoms with E-state index < -0.39 is 0 Å². The van der Waals surface area contributed by atoms with E-state index in [1.807, 2.05) is 7.05 Å². The van der Waals surface area contributed by atoms with Crippen LogP contribution in [0, 0.1) is 0 Å². The van der Waals surface area contributed by atoms with Gasteiger partial charge in [-0.05, 0) is 46.8 Å². The summed E-state index contributed by atoms with van der Waals surface area (Å²) in [6, 6.07) is 0. The number of hydrogen-bond donors (Lipinski definition) is 1. The molecule has 1 rings (SSSR count). The number of rotatable bonds is 6. The second kappa shape index (κ2) is 6.77. The summed E-state index contributed by atoms with van der Waals surface area (Å²) in [6.07, 6.45) is 4.05. The zero-order valence-electron chi connectivity index (χ0n) is 10.5. The fourth-order valence-electron chi connectivity index (χ4n) is 2.12. The number of unbranched alkanes of at least 4 members (excludes halogenated alkanes) is 2. The van der Waals surface area contributed by atoms with Crippen molar-refractivity contribution in [2.45, 2.75) is 37.9 Å². The van der Waals surface area contributed by atoms with Gasteiger partial charge in [0.05, 0.1) is 0 Å². The first kappa shape index (κ1) is 13.3. The smallest absolute Gasteiger partial charge is 0.0231 e. The molecule has 1 aliphatic rings. The van der Waals surface area contributed by atoms with Crippen molar-refractivity contribution < 1.29 is 0 Å². The van der Waals surface area contributed by atoms with Crippen LogP contribution in [-0.2, 0) is 0 Å². The Bertz CT molecular complexity index is 171. The molecular weight excluding hydrogens is 204 g/mol. The number of nitrogens with zero attached hydrogens (tertiary/aromatic N) is 1. The maximum atomic E-state index is 3.20. The van der Waals surface area contributed by atoms with Crippen LogP contribution in [0.2, 0.25) is 0 Å². The molecule has 0 spiro atoms. The van der Waals surface area contributed by atoms with Gasteiger partial charge in [-0.3, -0.25) is 0 Å². The lowest BCUT2D eigenvalue weighted by atomic mass is 10.1. The van der Waals surface area contributed by atoms with Gasteiger partial charge in [0.2, 0.25) is 0 Å². The molecule has 3 heteroatoms. The van der Waals surface area contributed by atoms with Crippen LogP contribution in [0.5, 0.6) is 0 Å². The molecule has 0 bridgehead atoms. The van der Waals surface area contributed by atoms with E-state index in [0.29, 0.717) is 4.75 Å². The van der Waals surface area contributed by atoms with Gasteiger partial charge in [0, 0.05) is 23.6 Å². The average molecular weight is 230 g/mol. The average Bonchev–Trinajstić information content (AvgIpc) is 2.16. The van der Waals surface area contributed by atoms with Crippen molar-refractivity contribution >= 4 is 11.8 Å². The molecule has 0 radical (unpaired) electrons. The Kier molecular flexibility index (Phi) is 6.02. The van der Waals surface area contributed by atoms with Gasteiger partial charge >= 0.3 is 0 Å². The summed E-state index contributed by atoms with van der Waals surface area (Å²) in [7, 11) is 2.03. The van der Waals surface area contributed by atoms with Gasteiger partial charge in [-0.15, -0.1) is 0 Å². The Morgan fingerprint density at radius 2 is 2.07 bits per heavy atom. The van der Waals surface area contributed by atoms with Crippen molar-refractivity contribution in [1.29, 1.82) is 0 Å². The third kappa shape index (κ3) is 5.79. The third-order valence-electron chi connectivity index (χ3n) is 2.91. The molecule has 90 valence electrons. The van der Waals surface area contributed by atoms with E-state index in [4.69, 9.17) is 0 Å². The molecule has 0 aromatic heterocycles. The summed E-state index contributed by atoms with van der Waals surface area (Å²) >= 11 is 2.12. The summed E-state index contributed by atoms with van der Waals surface area (Å²) in [5, 5.41) is 3.20. The molecule has 1 saturated heterocycles. The highest BCUT2D eigenvalue weighted by atomic mass is 32.2. The van der Waals surface area contributed by atoms with Gasteiger partial charge in [0.1, 0.15) is 0 Å². The van der Waals surface area contributed by atoms with Crippen molar-refractivity contribution in [2.24, 2.45) is 0 Å². The van der Waals surface area contributed by atoms with Crippen LogP contribution in [0.1, 0.15) is 33.1 Å². The van der Waals surface area contributed by atoms with E-state index in [-0.39, 0.29) is 0 Å². The molecule has 15 heavy (non-hydrogen) atoms. The van der Waals surface area contributed by atoms with Gasteiger partial charge < -0.3 is 10.2 Å². The standard InChI is InChI=1S/C12H26N2S/c1-12(2)11-14(9-10-15-12)8-6-4-5-7-13-3/h13H,4-11H2,1-3H3. The topological polar surface area (TPSA) is 15.3 Å². The van der Waals surface area contributed by atoms with Gasteiger partial charge in [0.25, 0.3) is 0 Å². The van der Waals surface area contributed by atoms with Crippen LogP contribution in [-0.4, -0.2) is 48.6 Å². The highest BCUT2D eigenvalue weighted by Gasteiger charge is 2.26. The van der Waals surface area contributed by atoms with E-state index >= 15 is 0 Å². The summed E-state index contributed by atoms with van der Waals surface area (Å²) < 4.78 is 0.475. The van der Waals surface area contributed by atoms with Crippen molar-refractivity contribution in [1.82, 2.24) is 10.2 Å².